The topological polar surface area (TPSA) is 63.6 Å². The van der Waals surface area contributed by atoms with E-state index in [0.29, 0.717) is 0 Å². The maximum atomic E-state index is 11.4. The Labute approximate surface area is 107 Å². The van der Waals surface area contributed by atoms with Crippen LogP contribution in [-0.4, -0.2) is 35.9 Å². The third-order valence-corrected chi connectivity index (χ3v) is 6.65. The van der Waals surface area contributed by atoms with Crippen molar-refractivity contribution in [1.82, 2.24) is 4.31 Å². The van der Waals surface area contributed by atoms with E-state index < -0.39 is 22.9 Å². The summed E-state index contributed by atoms with van der Waals surface area (Å²) in [5.41, 5.74) is -1.76. The monoisotopic (exact) mass is 262 g/mol. The van der Waals surface area contributed by atoms with Gasteiger partial charge in [0.1, 0.15) is 0 Å². The summed E-state index contributed by atoms with van der Waals surface area (Å²) in [6, 6.07) is -0.579. The molecule has 1 aliphatic rings. The third kappa shape index (κ3) is 1.79. The molecule has 1 rings (SSSR count). The van der Waals surface area contributed by atoms with Crippen LogP contribution in [0.25, 0.3) is 0 Å². The molecule has 102 valence electrons. The quantitative estimate of drug-likeness (QED) is 0.731. The fraction of sp³-hybridized carbons (Fsp3) is 1.00. The summed E-state index contributed by atoms with van der Waals surface area (Å²) in [4.78, 5) is 0. The summed E-state index contributed by atoms with van der Waals surface area (Å²) in [5.74, 6) is 0. The summed E-state index contributed by atoms with van der Waals surface area (Å²) >= 11 is -2.32. The molecule has 1 aliphatic heterocycles. The molecule has 17 heavy (non-hydrogen) atoms. The Bertz CT molecular complexity index is 315. The number of hydrogen-bond acceptors (Lipinski definition) is 3. The molecule has 4 nitrogen and oxygen atoms in total. The van der Waals surface area contributed by atoms with E-state index in [1.807, 2.05) is 34.6 Å². The van der Waals surface area contributed by atoms with E-state index in [9.17, 15) is 13.9 Å². The van der Waals surface area contributed by atoms with Crippen LogP contribution >= 0.6 is 0 Å². The van der Waals surface area contributed by atoms with Crippen molar-refractivity contribution in [2.45, 2.75) is 66.2 Å². The second-order valence-electron chi connectivity index (χ2n) is 6.42. The van der Waals surface area contributed by atoms with E-state index in [0.717, 1.165) is 0 Å². The van der Waals surface area contributed by atoms with Gasteiger partial charge >= 0.3 is 0 Å². The van der Waals surface area contributed by atoms with Gasteiger partial charge in [-0.2, -0.15) is 0 Å². The third-order valence-electron chi connectivity index (χ3n) is 5.67. The Morgan fingerprint density at radius 2 is 1.53 bits per heavy atom. The van der Waals surface area contributed by atoms with Gasteiger partial charge in [0, 0.05) is 28.8 Å². The van der Waals surface area contributed by atoms with Gasteiger partial charge in [-0.15, -0.1) is 0 Å². The lowest BCUT2D eigenvalue weighted by Gasteiger charge is -2.64. The molecule has 0 spiro atoms. The van der Waals surface area contributed by atoms with Gasteiger partial charge in [-0.25, -0.2) is 4.31 Å². The fourth-order valence-electron chi connectivity index (χ4n) is 2.86. The van der Waals surface area contributed by atoms with Crippen molar-refractivity contribution in [1.29, 1.82) is 0 Å². The first kappa shape index (κ1) is 15.1. The van der Waals surface area contributed by atoms with E-state index in [2.05, 4.69) is 0 Å². The highest BCUT2D eigenvalue weighted by molar-refractivity contribution is 7.76. The predicted octanol–water partition coefficient (Wildman–Crippen LogP) is 1.68. The normalized spacial score (nSPS) is 43.4. The van der Waals surface area contributed by atoms with E-state index >= 15 is 0 Å². The Morgan fingerprint density at radius 3 is 1.88 bits per heavy atom. The largest absolute Gasteiger partial charge is 0.760 e. The Kier molecular flexibility index (Phi) is 3.56. The van der Waals surface area contributed by atoms with Crippen molar-refractivity contribution in [2.75, 3.05) is 0 Å². The zero-order chi connectivity index (χ0) is 13.8. The first-order chi connectivity index (χ1) is 7.39. The Morgan fingerprint density at radius 1 is 1.12 bits per heavy atom. The van der Waals surface area contributed by atoms with Crippen LogP contribution in [-0.2, 0) is 11.3 Å². The van der Waals surface area contributed by atoms with Crippen LogP contribution in [0.1, 0.15) is 48.5 Å². The van der Waals surface area contributed by atoms with Crippen LogP contribution in [0.15, 0.2) is 0 Å². The van der Waals surface area contributed by atoms with E-state index in [-0.39, 0.29) is 16.9 Å². The molecule has 1 fully saturated rings. The van der Waals surface area contributed by atoms with Gasteiger partial charge in [-0.3, -0.25) is 4.21 Å². The minimum atomic E-state index is -2.32. The summed E-state index contributed by atoms with van der Waals surface area (Å²) < 4.78 is 24.1. The maximum absolute atomic E-state index is 11.4. The van der Waals surface area contributed by atoms with Gasteiger partial charge < -0.3 is 9.66 Å². The standard InChI is InChI=1S/C12H25NO3S/c1-8-10(3,4)11(5,6)12(7,14)9(2)13(8)17(15)16/h8-9,14H,1-7H3,(H,15,16)/p-1. The summed E-state index contributed by atoms with van der Waals surface area (Å²) in [5, 5.41) is 10.7. The van der Waals surface area contributed by atoms with Crippen LogP contribution in [0.3, 0.4) is 0 Å². The van der Waals surface area contributed by atoms with E-state index in [1.54, 1.807) is 13.8 Å². The van der Waals surface area contributed by atoms with Crippen LogP contribution in [0.2, 0.25) is 0 Å². The molecule has 0 aliphatic carbocycles. The molecule has 0 aromatic heterocycles. The average molecular weight is 262 g/mol. The van der Waals surface area contributed by atoms with Crippen LogP contribution in [0.5, 0.6) is 0 Å². The number of hydrogen-bond donors (Lipinski definition) is 1. The van der Waals surface area contributed by atoms with Crippen molar-refractivity contribution in [3.05, 3.63) is 0 Å². The number of aliphatic hydroxyl groups is 1. The Balaban J connectivity index is 3.37. The molecule has 1 N–H and O–H groups in total. The second kappa shape index (κ2) is 4.02. The molecular formula is C12H24NO3S-. The maximum Gasteiger partial charge on any atom is 0.0837 e. The van der Waals surface area contributed by atoms with Gasteiger partial charge in [0.2, 0.25) is 0 Å². The number of nitrogens with zero attached hydrogens (tertiary/aromatic N) is 1. The molecule has 0 radical (unpaired) electrons. The predicted molar refractivity (Wildman–Crippen MR) is 67.9 cm³/mol. The van der Waals surface area contributed by atoms with Gasteiger partial charge in [0.15, 0.2) is 0 Å². The number of rotatable bonds is 1. The zero-order valence-corrected chi connectivity index (χ0v) is 12.6. The molecule has 0 aromatic rings. The van der Waals surface area contributed by atoms with Crippen molar-refractivity contribution in [3.8, 4) is 0 Å². The molecule has 5 heteroatoms. The van der Waals surface area contributed by atoms with Crippen molar-refractivity contribution >= 4 is 11.3 Å². The highest BCUT2D eigenvalue weighted by Crippen LogP contribution is 2.56. The van der Waals surface area contributed by atoms with Crippen molar-refractivity contribution in [3.63, 3.8) is 0 Å². The molecule has 1 saturated heterocycles. The van der Waals surface area contributed by atoms with Crippen molar-refractivity contribution in [2.24, 2.45) is 10.8 Å². The van der Waals surface area contributed by atoms with E-state index in [4.69, 9.17) is 0 Å². The van der Waals surface area contributed by atoms with Gasteiger partial charge in [0.05, 0.1) is 5.60 Å². The molecule has 1 heterocycles. The van der Waals surface area contributed by atoms with Gasteiger partial charge in [-0.05, 0) is 26.2 Å². The summed E-state index contributed by atoms with van der Waals surface area (Å²) in [7, 11) is 0. The molecule has 0 saturated carbocycles. The van der Waals surface area contributed by atoms with Gasteiger partial charge in [0.25, 0.3) is 0 Å². The smallest absolute Gasteiger partial charge is 0.0837 e. The van der Waals surface area contributed by atoms with Crippen molar-refractivity contribution < 1.29 is 13.9 Å². The lowest BCUT2D eigenvalue weighted by Crippen LogP contribution is -2.72. The molecule has 4 atom stereocenters. The molecule has 4 unspecified atom stereocenters. The SMILES string of the molecule is CC1N(S(=O)[O-])C(C)C(C)(O)C(C)(C)C1(C)C. The van der Waals surface area contributed by atoms with Crippen LogP contribution < -0.4 is 0 Å². The first-order valence-electron chi connectivity index (χ1n) is 5.99. The molecule has 0 amide bonds. The van der Waals surface area contributed by atoms with Crippen LogP contribution in [0, 0.1) is 10.8 Å². The minimum absolute atomic E-state index is 0.147. The second-order valence-corrected chi connectivity index (χ2v) is 7.28. The van der Waals surface area contributed by atoms with Crippen LogP contribution in [0.4, 0.5) is 0 Å². The Hall–Kier alpha value is 0.0300. The zero-order valence-electron chi connectivity index (χ0n) is 11.8. The van der Waals surface area contributed by atoms with E-state index in [1.165, 1.54) is 4.31 Å². The highest BCUT2D eigenvalue weighted by Gasteiger charge is 2.61. The summed E-state index contributed by atoms with van der Waals surface area (Å²) in [6.45, 7) is 13.4. The fourth-order valence-corrected chi connectivity index (χ4v) is 3.84. The highest BCUT2D eigenvalue weighted by atomic mass is 32.2. The number of piperidine rings is 1. The summed E-state index contributed by atoms with van der Waals surface area (Å²) in [6.07, 6.45) is 0. The lowest BCUT2D eigenvalue weighted by molar-refractivity contribution is -0.200. The lowest BCUT2D eigenvalue weighted by atomic mass is 9.52. The minimum Gasteiger partial charge on any atom is -0.760 e. The average Bonchev–Trinajstić information content (AvgIpc) is 2.14. The first-order valence-corrected chi connectivity index (χ1v) is 7.02. The molecule has 0 bridgehead atoms. The molecular weight excluding hydrogens is 238 g/mol. The van der Waals surface area contributed by atoms with Gasteiger partial charge in [-0.1, -0.05) is 27.7 Å². The molecule has 0 aromatic carbocycles.